The molecule has 0 aliphatic carbocycles. The van der Waals surface area contributed by atoms with Gasteiger partial charge in [-0.2, -0.15) is 0 Å². The maximum Gasteiger partial charge on any atom is 0.201 e. The van der Waals surface area contributed by atoms with Gasteiger partial charge in [0.1, 0.15) is 5.75 Å². The molecule has 108 valence electrons. The fraction of sp³-hybridized carbons (Fsp3) is 0.188. The molecule has 3 aromatic rings. The van der Waals surface area contributed by atoms with Gasteiger partial charge in [0.25, 0.3) is 0 Å². The summed E-state index contributed by atoms with van der Waals surface area (Å²) in [5.41, 5.74) is 9.51. The predicted octanol–water partition coefficient (Wildman–Crippen LogP) is 2.81. The number of hydrogen-bond donors (Lipinski definition) is 3. The summed E-state index contributed by atoms with van der Waals surface area (Å²) in [6.45, 7) is 0.773. The molecule has 21 heavy (non-hydrogen) atoms. The smallest absolute Gasteiger partial charge is 0.201 e. The minimum Gasteiger partial charge on any atom is -0.496 e. The van der Waals surface area contributed by atoms with Crippen molar-refractivity contribution < 1.29 is 4.74 Å². The van der Waals surface area contributed by atoms with Crippen molar-refractivity contribution in [3.05, 3.63) is 48.0 Å². The number of methoxy groups -OCH3 is 1. The lowest BCUT2D eigenvalue weighted by molar-refractivity contribution is 0.410. The van der Waals surface area contributed by atoms with Crippen LogP contribution in [-0.4, -0.2) is 23.6 Å². The van der Waals surface area contributed by atoms with Gasteiger partial charge in [0, 0.05) is 12.2 Å². The van der Waals surface area contributed by atoms with Crippen molar-refractivity contribution in [2.24, 2.45) is 0 Å². The third-order valence-electron chi connectivity index (χ3n) is 3.39. The molecular formula is C16H18N4O. The molecule has 0 radical (unpaired) electrons. The molecule has 0 spiro atoms. The van der Waals surface area contributed by atoms with Crippen LogP contribution < -0.4 is 15.8 Å². The molecule has 0 saturated heterocycles. The fourth-order valence-corrected chi connectivity index (χ4v) is 2.34. The van der Waals surface area contributed by atoms with Gasteiger partial charge in [0.15, 0.2) is 0 Å². The van der Waals surface area contributed by atoms with E-state index in [-0.39, 0.29) is 0 Å². The summed E-state index contributed by atoms with van der Waals surface area (Å²) in [7, 11) is 1.69. The predicted molar refractivity (Wildman–Crippen MR) is 85.7 cm³/mol. The van der Waals surface area contributed by atoms with Crippen LogP contribution in [0, 0.1) is 0 Å². The largest absolute Gasteiger partial charge is 0.496 e. The van der Waals surface area contributed by atoms with Gasteiger partial charge in [0.2, 0.25) is 5.95 Å². The maximum atomic E-state index is 5.76. The Morgan fingerprint density at radius 3 is 2.95 bits per heavy atom. The number of para-hydroxylation sites is 1. The maximum absolute atomic E-state index is 5.76. The summed E-state index contributed by atoms with van der Waals surface area (Å²) in [5, 5.41) is 3.29. The number of nitrogens with one attached hydrogen (secondary N) is 2. The number of aromatic amines is 1. The molecule has 1 aromatic heterocycles. The first-order chi connectivity index (χ1) is 10.3. The number of nitrogens with zero attached hydrogens (tertiary/aromatic N) is 1. The average molecular weight is 282 g/mol. The average Bonchev–Trinajstić information content (AvgIpc) is 2.89. The standard InChI is InChI=1S/C16H18N4O/c1-21-15-5-3-2-4-11(15)8-9-18-16-19-13-7-6-12(17)10-14(13)20-16/h2-7,10H,8-9,17H2,1H3,(H2,18,19,20). The number of benzene rings is 2. The molecule has 0 bridgehead atoms. The second kappa shape index (κ2) is 5.75. The number of fused-ring (bicyclic) bond motifs is 1. The second-order valence-electron chi connectivity index (χ2n) is 4.85. The molecule has 0 saturated carbocycles. The van der Waals surface area contributed by atoms with Crippen LogP contribution in [0.5, 0.6) is 5.75 Å². The zero-order valence-electron chi connectivity index (χ0n) is 11.9. The molecule has 0 amide bonds. The highest BCUT2D eigenvalue weighted by atomic mass is 16.5. The Balaban J connectivity index is 1.66. The summed E-state index contributed by atoms with van der Waals surface area (Å²) in [4.78, 5) is 7.69. The zero-order chi connectivity index (χ0) is 14.7. The summed E-state index contributed by atoms with van der Waals surface area (Å²) < 4.78 is 5.34. The van der Waals surface area contributed by atoms with Crippen LogP contribution >= 0.6 is 0 Å². The monoisotopic (exact) mass is 282 g/mol. The Morgan fingerprint density at radius 2 is 2.10 bits per heavy atom. The van der Waals surface area contributed by atoms with Crippen LogP contribution in [0.15, 0.2) is 42.5 Å². The van der Waals surface area contributed by atoms with E-state index in [0.29, 0.717) is 0 Å². The number of aromatic nitrogens is 2. The van der Waals surface area contributed by atoms with Crippen LogP contribution in [0.1, 0.15) is 5.56 Å². The van der Waals surface area contributed by atoms with E-state index in [4.69, 9.17) is 10.5 Å². The van der Waals surface area contributed by atoms with Gasteiger partial charge in [-0.05, 0) is 36.2 Å². The first-order valence-corrected chi connectivity index (χ1v) is 6.87. The number of H-pyrrole nitrogens is 1. The summed E-state index contributed by atoms with van der Waals surface area (Å²) in [6.07, 6.45) is 0.864. The van der Waals surface area contributed by atoms with E-state index in [0.717, 1.165) is 41.4 Å². The van der Waals surface area contributed by atoms with E-state index >= 15 is 0 Å². The second-order valence-corrected chi connectivity index (χ2v) is 4.85. The Kier molecular flexibility index (Phi) is 3.64. The Bertz CT molecular complexity index is 751. The molecule has 4 N–H and O–H groups in total. The molecule has 0 aliphatic rings. The van der Waals surface area contributed by atoms with Crippen molar-refractivity contribution in [3.8, 4) is 5.75 Å². The molecule has 5 heteroatoms. The number of rotatable bonds is 5. The lowest BCUT2D eigenvalue weighted by atomic mass is 10.1. The van der Waals surface area contributed by atoms with Crippen molar-refractivity contribution in [3.63, 3.8) is 0 Å². The number of hydrogen-bond acceptors (Lipinski definition) is 4. The van der Waals surface area contributed by atoms with Crippen molar-refractivity contribution >= 4 is 22.7 Å². The quantitative estimate of drug-likeness (QED) is 0.629. The first-order valence-electron chi connectivity index (χ1n) is 6.87. The van der Waals surface area contributed by atoms with Crippen molar-refractivity contribution in [1.29, 1.82) is 0 Å². The highest BCUT2D eigenvalue weighted by Gasteiger charge is 2.04. The van der Waals surface area contributed by atoms with E-state index in [2.05, 4.69) is 21.4 Å². The zero-order valence-corrected chi connectivity index (χ0v) is 11.9. The summed E-state index contributed by atoms with van der Waals surface area (Å²) in [6, 6.07) is 13.7. The fourth-order valence-electron chi connectivity index (χ4n) is 2.34. The van der Waals surface area contributed by atoms with Crippen molar-refractivity contribution in [2.45, 2.75) is 6.42 Å². The van der Waals surface area contributed by atoms with Crippen molar-refractivity contribution in [1.82, 2.24) is 9.97 Å². The third kappa shape index (κ3) is 2.91. The van der Waals surface area contributed by atoms with Crippen LogP contribution in [-0.2, 0) is 6.42 Å². The van der Waals surface area contributed by atoms with Gasteiger partial charge < -0.3 is 20.8 Å². The number of imidazole rings is 1. The van der Waals surface area contributed by atoms with E-state index in [1.807, 2.05) is 36.4 Å². The third-order valence-corrected chi connectivity index (χ3v) is 3.39. The van der Waals surface area contributed by atoms with Gasteiger partial charge in [0.05, 0.1) is 18.1 Å². The van der Waals surface area contributed by atoms with Crippen LogP contribution in [0.25, 0.3) is 11.0 Å². The van der Waals surface area contributed by atoms with E-state index in [9.17, 15) is 0 Å². The van der Waals surface area contributed by atoms with Gasteiger partial charge in [-0.25, -0.2) is 4.98 Å². The molecule has 1 heterocycles. The number of nitrogens with two attached hydrogens (primary N) is 1. The summed E-state index contributed by atoms with van der Waals surface area (Å²) in [5.74, 6) is 1.67. The Morgan fingerprint density at radius 1 is 1.24 bits per heavy atom. The van der Waals surface area contributed by atoms with Gasteiger partial charge in [-0.15, -0.1) is 0 Å². The van der Waals surface area contributed by atoms with E-state index in [1.54, 1.807) is 7.11 Å². The topological polar surface area (TPSA) is 76.0 Å². The minimum absolute atomic E-state index is 0.728. The molecule has 0 fully saturated rings. The van der Waals surface area contributed by atoms with Gasteiger partial charge >= 0.3 is 0 Å². The SMILES string of the molecule is COc1ccccc1CCNc1nc2ccc(N)cc2[nH]1. The Hall–Kier alpha value is -2.69. The highest BCUT2D eigenvalue weighted by molar-refractivity contribution is 5.80. The molecule has 5 nitrogen and oxygen atoms in total. The number of ether oxygens (including phenoxy) is 1. The van der Waals surface area contributed by atoms with Crippen LogP contribution in [0.4, 0.5) is 11.6 Å². The minimum atomic E-state index is 0.728. The lowest BCUT2D eigenvalue weighted by Crippen LogP contribution is -2.06. The van der Waals surface area contributed by atoms with Crippen LogP contribution in [0.3, 0.4) is 0 Å². The molecule has 3 rings (SSSR count). The van der Waals surface area contributed by atoms with E-state index < -0.39 is 0 Å². The molecular weight excluding hydrogens is 264 g/mol. The van der Waals surface area contributed by atoms with Gasteiger partial charge in [-0.3, -0.25) is 0 Å². The highest BCUT2D eigenvalue weighted by Crippen LogP contribution is 2.19. The number of nitrogen functional groups attached to an aromatic ring is 1. The van der Waals surface area contributed by atoms with Gasteiger partial charge in [-0.1, -0.05) is 18.2 Å². The molecule has 0 atom stereocenters. The first kappa shape index (κ1) is 13.3. The van der Waals surface area contributed by atoms with E-state index in [1.165, 1.54) is 5.56 Å². The molecule has 0 unspecified atom stereocenters. The molecule has 0 aliphatic heterocycles. The van der Waals surface area contributed by atoms with Crippen molar-refractivity contribution in [2.75, 3.05) is 24.7 Å². The summed E-state index contributed by atoms with van der Waals surface area (Å²) >= 11 is 0. The van der Waals surface area contributed by atoms with Crippen LogP contribution in [0.2, 0.25) is 0 Å². The number of anilines is 2. The normalized spacial score (nSPS) is 10.7. The molecule has 2 aromatic carbocycles. The Labute approximate surface area is 123 Å². The lowest BCUT2D eigenvalue weighted by Gasteiger charge is -2.08.